The number of aromatic nitrogens is 3. The van der Waals surface area contributed by atoms with E-state index in [4.69, 9.17) is 0 Å². The number of H-pyrrole nitrogens is 1. The van der Waals surface area contributed by atoms with Crippen molar-refractivity contribution in [3.8, 4) is 11.5 Å². The number of imidazole rings is 1. The number of hydrogen-bond acceptors (Lipinski definition) is 3. The Hall–Kier alpha value is -1.70. The first kappa shape index (κ1) is 12.7. The maximum absolute atomic E-state index is 12.8. The van der Waals surface area contributed by atoms with Gasteiger partial charge in [0.05, 0.1) is 17.5 Å². The Bertz CT molecular complexity index is 594. The second-order valence-electron chi connectivity index (χ2n) is 3.35. The predicted molar refractivity (Wildman–Crippen MR) is 59.9 cm³/mol. The van der Waals surface area contributed by atoms with Gasteiger partial charge >= 0.3 is 6.18 Å². The molecule has 18 heavy (non-hydrogen) atoms. The standard InChI is InChI=1S/C10H5BrF3N3O/c11-5-1-7(10(12,13)14)8(15-2-5)9-16-3-6(4-18)17-9/h1-4H,(H,16,17). The minimum absolute atomic E-state index is 0.0860. The molecule has 0 fully saturated rings. The summed E-state index contributed by atoms with van der Waals surface area (Å²) in [5.41, 5.74) is -1.19. The minimum atomic E-state index is -4.56. The SMILES string of the molecule is O=Cc1cnc(-c2ncc(Br)cc2C(F)(F)F)[nH]1. The highest BCUT2D eigenvalue weighted by atomic mass is 79.9. The number of aldehydes is 1. The predicted octanol–water partition coefficient (Wildman–Crippen LogP) is 3.07. The number of halogens is 4. The van der Waals surface area contributed by atoms with Crippen molar-refractivity contribution in [3.63, 3.8) is 0 Å². The molecule has 2 aromatic heterocycles. The Morgan fingerprint density at radius 2 is 2.00 bits per heavy atom. The summed E-state index contributed by atoms with van der Waals surface area (Å²) < 4.78 is 38.7. The summed E-state index contributed by atoms with van der Waals surface area (Å²) in [4.78, 5) is 20.3. The molecule has 0 aliphatic heterocycles. The quantitative estimate of drug-likeness (QED) is 0.865. The molecule has 94 valence electrons. The van der Waals surface area contributed by atoms with Gasteiger partial charge in [0.25, 0.3) is 0 Å². The molecule has 0 saturated carbocycles. The molecular formula is C10H5BrF3N3O. The van der Waals surface area contributed by atoms with Crippen LogP contribution in [0.25, 0.3) is 11.5 Å². The maximum Gasteiger partial charge on any atom is 0.418 e. The van der Waals surface area contributed by atoms with Crippen molar-refractivity contribution < 1.29 is 18.0 Å². The van der Waals surface area contributed by atoms with E-state index in [2.05, 4.69) is 30.9 Å². The van der Waals surface area contributed by atoms with E-state index in [9.17, 15) is 18.0 Å². The highest BCUT2D eigenvalue weighted by Gasteiger charge is 2.35. The molecule has 0 bridgehead atoms. The third kappa shape index (κ3) is 2.42. The number of alkyl halides is 3. The van der Waals surface area contributed by atoms with Crippen molar-refractivity contribution in [1.29, 1.82) is 0 Å². The van der Waals surface area contributed by atoms with Gasteiger partial charge in [-0.15, -0.1) is 0 Å². The van der Waals surface area contributed by atoms with Crippen molar-refractivity contribution in [2.24, 2.45) is 0 Å². The Morgan fingerprint density at radius 1 is 1.28 bits per heavy atom. The molecule has 0 aliphatic carbocycles. The molecule has 0 aromatic carbocycles. The molecule has 2 heterocycles. The van der Waals surface area contributed by atoms with Crippen LogP contribution in [-0.4, -0.2) is 21.2 Å². The van der Waals surface area contributed by atoms with Gasteiger partial charge in [0.15, 0.2) is 12.1 Å². The fourth-order valence-corrected chi connectivity index (χ4v) is 1.69. The summed E-state index contributed by atoms with van der Waals surface area (Å²) in [6.45, 7) is 0. The highest BCUT2D eigenvalue weighted by molar-refractivity contribution is 9.10. The summed E-state index contributed by atoms with van der Waals surface area (Å²) in [6.07, 6.45) is -1.72. The van der Waals surface area contributed by atoms with Crippen LogP contribution in [0.5, 0.6) is 0 Å². The second kappa shape index (κ2) is 4.52. The molecular weight excluding hydrogens is 315 g/mol. The molecule has 0 amide bonds. The lowest BCUT2D eigenvalue weighted by molar-refractivity contribution is -0.137. The first-order valence-corrected chi connectivity index (χ1v) is 5.44. The highest BCUT2D eigenvalue weighted by Crippen LogP contribution is 2.36. The summed E-state index contributed by atoms with van der Waals surface area (Å²) >= 11 is 2.93. The van der Waals surface area contributed by atoms with Crippen LogP contribution in [0.1, 0.15) is 16.1 Å². The van der Waals surface area contributed by atoms with Crippen molar-refractivity contribution in [2.45, 2.75) is 6.18 Å². The van der Waals surface area contributed by atoms with Crippen LogP contribution in [0.3, 0.4) is 0 Å². The van der Waals surface area contributed by atoms with Crippen LogP contribution in [0, 0.1) is 0 Å². The lowest BCUT2D eigenvalue weighted by Gasteiger charge is -2.10. The summed E-state index contributed by atoms with van der Waals surface area (Å²) in [5, 5.41) is 0. The smallest absolute Gasteiger partial charge is 0.334 e. The van der Waals surface area contributed by atoms with Crippen molar-refractivity contribution in [1.82, 2.24) is 15.0 Å². The van der Waals surface area contributed by atoms with Crippen LogP contribution in [0.15, 0.2) is 22.9 Å². The monoisotopic (exact) mass is 319 g/mol. The maximum atomic E-state index is 12.8. The molecule has 0 aliphatic rings. The molecule has 0 spiro atoms. The lowest BCUT2D eigenvalue weighted by Crippen LogP contribution is -2.09. The van der Waals surface area contributed by atoms with Gasteiger partial charge in [-0.1, -0.05) is 0 Å². The fourth-order valence-electron chi connectivity index (χ4n) is 1.36. The lowest BCUT2D eigenvalue weighted by atomic mass is 10.2. The first-order chi connectivity index (χ1) is 8.41. The Morgan fingerprint density at radius 3 is 2.56 bits per heavy atom. The van der Waals surface area contributed by atoms with E-state index in [-0.39, 0.29) is 21.7 Å². The van der Waals surface area contributed by atoms with Gasteiger partial charge in [-0.3, -0.25) is 9.78 Å². The molecule has 0 atom stereocenters. The Kier molecular flexibility index (Phi) is 3.20. The van der Waals surface area contributed by atoms with E-state index >= 15 is 0 Å². The van der Waals surface area contributed by atoms with Gasteiger partial charge in [-0.2, -0.15) is 13.2 Å². The Balaban J connectivity index is 2.60. The first-order valence-electron chi connectivity index (χ1n) is 4.65. The van der Waals surface area contributed by atoms with E-state index in [1.807, 2.05) is 0 Å². The third-order valence-electron chi connectivity index (χ3n) is 2.11. The summed E-state index contributed by atoms with van der Waals surface area (Å²) in [6, 6.07) is 0.908. The molecule has 8 heteroatoms. The topological polar surface area (TPSA) is 58.6 Å². The summed E-state index contributed by atoms with van der Waals surface area (Å²) in [5.74, 6) is -0.100. The molecule has 0 radical (unpaired) electrons. The zero-order chi connectivity index (χ0) is 13.3. The normalized spacial score (nSPS) is 11.6. The second-order valence-corrected chi connectivity index (χ2v) is 4.27. The van der Waals surface area contributed by atoms with Gasteiger partial charge in [-0.05, 0) is 22.0 Å². The van der Waals surface area contributed by atoms with Gasteiger partial charge < -0.3 is 4.98 Å². The van der Waals surface area contributed by atoms with E-state index in [0.29, 0.717) is 6.29 Å². The molecule has 0 unspecified atom stereocenters. The fraction of sp³-hybridized carbons (Fsp3) is 0.100. The largest absolute Gasteiger partial charge is 0.418 e. The van der Waals surface area contributed by atoms with Crippen LogP contribution >= 0.6 is 15.9 Å². The summed E-state index contributed by atoms with van der Waals surface area (Å²) in [7, 11) is 0. The number of aromatic amines is 1. The number of nitrogens with one attached hydrogen (secondary N) is 1. The molecule has 0 saturated heterocycles. The van der Waals surface area contributed by atoms with Gasteiger partial charge in [0, 0.05) is 10.7 Å². The number of carbonyl (C=O) groups is 1. The Labute approximate surface area is 107 Å². The average molecular weight is 320 g/mol. The van der Waals surface area contributed by atoms with Crippen molar-refractivity contribution in [2.75, 3.05) is 0 Å². The molecule has 2 rings (SSSR count). The molecule has 1 N–H and O–H groups in total. The zero-order valence-electron chi connectivity index (χ0n) is 8.62. The third-order valence-corrected chi connectivity index (χ3v) is 2.54. The van der Waals surface area contributed by atoms with Crippen molar-refractivity contribution in [3.05, 3.63) is 34.2 Å². The van der Waals surface area contributed by atoms with Gasteiger partial charge in [-0.25, -0.2) is 4.98 Å². The average Bonchev–Trinajstić information content (AvgIpc) is 2.76. The van der Waals surface area contributed by atoms with E-state index in [0.717, 1.165) is 12.3 Å². The van der Waals surface area contributed by atoms with Crippen LogP contribution in [0.2, 0.25) is 0 Å². The number of rotatable bonds is 2. The number of hydrogen-bond donors (Lipinski definition) is 1. The number of pyridine rings is 1. The number of nitrogens with zero attached hydrogens (tertiary/aromatic N) is 2. The van der Waals surface area contributed by atoms with Gasteiger partial charge in [0.1, 0.15) is 5.69 Å². The van der Waals surface area contributed by atoms with E-state index in [1.165, 1.54) is 6.20 Å². The van der Waals surface area contributed by atoms with Crippen LogP contribution < -0.4 is 0 Å². The zero-order valence-corrected chi connectivity index (χ0v) is 10.2. The van der Waals surface area contributed by atoms with Crippen LogP contribution in [0.4, 0.5) is 13.2 Å². The van der Waals surface area contributed by atoms with E-state index < -0.39 is 11.7 Å². The van der Waals surface area contributed by atoms with Crippen LogP contribution in [-0.2, 0) is 6.18 Å². The molecule has 2 aromatic rings. The van der Waals surface area contributed by atoms with Crippen molar-refractivity contribution >= 4 is 22.2 Å². The molecule has 4 nitrogen and oxygen atoms in total. The minimum Gasteiger partial charge on any atom is -0.334 e. The number of carbonyl (C=O) groups excluding carboxylic acids is 1. The van der Waals surface area contributed by atoms with Gasteiger partial charge in [0.2, 0.25) is 0 Å². The van der Waals surface area contributed by atoms with E-state index in [1.54, 1.807) is 0 Å².